The number of carbonyl (C=O) groups is 3. The lowest BCUT2D eigenvalue weighted by molar-refractivity contribution is -0.131. The number of carbonyl (C=O) groups excluding carboxylic acids is 2. The number of rotatable bonds is 4. The highest BCUT2D eigenvalue weighted by atomic mass is 16.4. The molecule has 7 nitrogen and oxygen atoms in total. The first kappa shape index (κ1) is 13.1. The number of furan rings is 1. The lowest BCUT2D eigenvalue weighted by Crippen LogP contribution is -2.43. The Hall–Kier alpha value is -2.31. The molecule has 1 fully saturated rings. The van der Waals surface area contributed by atoms with Crippen molar-refractivity contribution in [1.29, 1.82) is 0 Å². The average molecular weight is 266 g/mol. The van der Waals surface area contributed by atoms with E-state index in [1.165, 1.54) is 12.1 Å². The number of aromatic carboxylic acids is 1. The van der Waals surface area contributed by atoms with E-state index in [0.29, 0.717) is 6.42 Å². The minimum atomic E-state index is -1.19. The second-order valence-corrected chi connectivity index (χ2v) is 4.58. The Labute approximate surface area is 109 Å². The van der Waals surface area contributed by atoms with Gasteiger partial charge in [0, 0.05) is 0 Å². The van der Waals surface area contributed by atoms with Crippen LogP contribution in [0.3, 0.4) is 0 Å². The highest BCUT2D eigenvalue weighted by molar-refractivity contribution is 6.06. The molecule has 0 saturated carbocycles. The summed E-state index contributed by atoms with van der Waals surface area (Å²) >= 11 is 0. The molecule has 19 heavy (non-hydrogen) atoms. The van der Waals surface area contributed by atoms with E-state index in [2.05, 4.69) is 5.32 Å². The van der Waals surface area contributed by atoms with Crippen LogP contribution < -0.4 is 5.32 Å². The molecule has 1 aromatic rings. The van der Waals surface area contributed by atoms with Crippen LogP contribution in [0.25, 0.3) is 0 Å². The standard InChI is InChI=1S/C12H14N2O5/c1-3-12(2)10(17)14(11(18)13-12)6-7-4-5-8(19-7)9(15)16/h4-5H,3,6H2,1-2H3,(H,13,18)(H,15,16). The minimum Gasteiger partial charge on any atom is -0.475 e. The Morgan fingerprint density at radius 1 is 1.47 bits per heavy atom. The fraction of sp³-hybridized carbons (Fsp3) is 0.417. The van der Waals surface area contributed by atoms with Gasteiger partial charge in [-0.3, -0.25) is 9.69 Å². The van der Waals surface area contributed by atoms with E-state index in [4.69, 9.17) is 9.52 Å². The molecular weight excluding hydrogens is 252 g/mol. The number of urea groups is 1. The summed E-state index contributed by atoms with van der Waals surface area (Å²) in [6.07, 6.45) is 0.479. The van der Waals surface area contributed by atoms with Crippen LogP contribution in [0.15, 0.2) is 16.5 Å². The third-order valence-electron chi connectivity index (χ3n) is 3.24. The number of carboxylic acids is 1. The maximum atomic E-state index is 12.1. The van der Waals surface area contributed by atoms with Crippen LogP contribution in [-0.4, -0.2) is 33.5 Å². The van der Waals surface area contributed by atoms with Crippen molar-refractivity contribution in [3.05, 3.63) is 23.7 Å². The normalized spacial score (nSPS) is 22.7. The average Bonchev–Trinajstić information content (AvgIpc) is 2.90. The van der Waals surface area contributed by atoms with Crippen molar-refractivity contribution in [3.63, 3.8) is 0 Å². The van der Waals surface area contributed by atoms with E-state index in [1.54, 1.807) is 13.8 Å². The number of hydrogen-bond acceptors (Lipinski definition) is 4. The fourth-order valence-electron chi connectivity index (χ4n) is 1.86. The summed E-state index contributed by atoms with van der Waals surface area (Å²) in [5, 5.41) is 11.3. The van der Waals surface area contributed by atoms with Crippen molar-refractivity contribution in [2.24, 2.45) is 0 Å². The van der Waals surface area contributed by atoms with Crippen LogP contribution in [0, 0.1) is 0 Å². The van der Waals surface area contributed by atoms with Crippen molar-refractivity contribution in [2.45, 2.75) is 32.4 Å². The Balaban J connectivity index is 2.17. The molecule has 1 aliphatic heterocycles. The number of imide groups is 1. The van der Waals surface area contributed by atoms with E-state index in [9.17, 15) is 14.4 Å². The first-order chi connectivity index (χ1) is 8.87. The summed E-state index contributed by atoms with van der Waals surface area (Å²) in [5.41, 5.74) is -0.903. The maximum Gasteiger partial charge on any atom is 0.371 e. The van der Waals surface area contributed by atoms with Crippen LogP contribution in [-0.2, 0) is 11.3 Å². The highest BCUT2D eigenvalue weighted by Gasteiger charge is 2.46. The highest BCUT2D eigenvalue weighted by Crippen LogP contribution is 2.23. The Kier molecular flexibility index (Phi) is 3.05. The molecule has 2 heterocycles. The Morgan fingerprint density at radius 3 is 2.63 bits per heavy atom. The van der Waals surface area contributed by atoms with Gasteiger partial charge in [-0.05, 0) is 25.5 Å². The second kappa shape index (κ2) is 4.42. The number of hydrogen-bond donors (Lipinski definition) is 2. The molecule has 3 amide bonds. The van der Waals surface area contributed by atoms with E-state index < -0.39 is 17.5 Å². The first-order valence-electron chi connectivity index (χ1n) is 5.83. The molecule has 102 valence electrons. The molecule has 0 radical (unpaired) electrons. The summed E-state index contributed by atoms with van der Waals surface area (Å²) in [6.45, 7) is 3.38. The summed E-state index contributed by atoms with van der Waals surface area (Å²) < 4.78 is 5.03. The van der Waals surface area contributed by atoms with Gasteiger partial charge in [-0.15, -0.1) is 0 Å². The van der Waals surface area contributed by atoms with Gasteiger partial charge in [0.15, 0.2) is 0 Å². The zero-order valence-electron chi connectivity index (χ0n) is 10.6. The number of carboxylic acid groups (broad SMARTS) is 1. The monoisotopic (exact) mass is 266 g/mol. The van der Waals surface area contributed by atoms with E-state index in [0.717, 1.165) is 4.90 Å². The van der Waals surface area contributed by atoms with Crippen LogP contribution in [0.2, 0.25) is 0 Å². The lowest BCUT2D eigenvalue weighted by Gasteiger charge is -2.18. The molecule has 1 atom stereocenters. The topological polar surface area (TPSA) is 99.8 Å². The molecule has 1 aliphatic rings. The zero-order chi connectivity index (χ0) is 14.2. The van der Waals surface area contributed by atoms with Gasteiger partial charge >= 0.3 is 12.0 Å². The number of amides is 3. The van der Waals surface area contributed by atoms with Gasteiger partial charge in [-0.2, -0.15) is 0 Å². The van der Waals surface area contributed by atoms with Crippen molar-refractivity contribution >= 4 is 17.9 Å². The van der Waals surface area contributed by atoms with Crippen LogP contribution in [0.1, 0.15) is 36.6 Å². The molecular formula is C12H14N2O5. The third kappa shape index (κ3) is 2.18. The predicted octanol–water partition coefficient (Wildman–Crippen LogP) is 1.20. The minimum absolute atomic E-state index is 0.0759. The first-order valence-corrected chi connectivity index (χ1v) is 5.83. The summed E-state index contributed by atoms with van der Waals surface area (Å²) in [5.74, 6) is -1.50. The van der Waals surface area contributed by atoms with Crippen molar-refractivity contribution in [3.8, 4) is 0 Å². The van der Waals surface area contributed by atoms with Gasteiger partial charge in [0.05, 0.1) is 6.54 Å². The largest absolute Gasteiger partial charge is 0.475 e. The summed E-state index contributed by atoms with van der Waals surface area (Å²) in [6, 6.07) is 2.23. The molecule has 7 heteroatoms. The molecule has 1 saturated heterocycles. The molecule has 2 rings (SSSR count). The molecule has 0 aliphatic carbocycles. The van der Waals surface area contributed by atoms with Gasteiger partial charge < -0.3 is 14.8 Å². The third-order valence-corrected chi connectivity index (χ3v) is 3.24. The summed E-state index contributed by atoms with van der Waals surface area (Å²) in [7, 11) is 0. The molecule has 0 aromatic carbocycles. The van der Waals surface area contributed by atoms with Crippen molar-refractivity contribution < 1.29 is 23.9 Å². The molecule has 1 aromatic heterocycles. The van der Waals surface area contributed by atoms with E-state index in [1.807, 2.05) is 0 Å². The zero-order valence-corrected chi connectivity index (χ0v) is 10.6. The number of nitrogens with one attached hydrogen (secondary N) is 1. The molecule has 2 N–H and O–H groups in total. The molecule has 0 spiro atoms. The van der Waals surface area contributed by atoms with Crippen molar-refractivity contribution in [2.75, 3.05) is 0 Å². The number of nitrogens with zero attached hydrogens (tertiary/aromatic N) is 1. The van der Waals surface area contributed by atoms with Gasteiger partial charge in [0.25, 0.3) is 5.91 Å². The van der Waals surface area contributed by atoms with Crippen LogP contribution in [0.5, 0.6) is 0 Å². The Morgan fingerprint density at radius 2 is 2.16 bits per heavy atom. The predicted molar refractivity (Wildman–Crippen MR) is 63.4 cm³/mol. The van der Waals surface area contributed by atoms with E-state index >= 15 is 0 Å². The molecule has 1 unspecified atom stereocenters. The second-order valence-electron chi connectivity index (χ2n) is 4.58. The SMILES string of the molecule is CCC1(C)NC(=O)N(Cc2ccc(C(=O)O)o2)C1=O. The smallest absolute Gasteiger partial charge is 0.371 e. The van der Waals surface area contributed by atoms with Gasteiger partial charge in [-0.1, -0.05) is 6.92 Å². The van der Waals surface area contributed by atoms with E-state index in [-0.39, 0.29) is 24.0 Å². The van der Waals surface area contributed by atoms with Gasteiger partial charge in [-0.25, -0.2) is 9.59 Å². The molecule has 0 bridgehead atoms. The quantitative estimate of drug-likeness (QED) is 0.797. The van der Waals surface area contributed by atoms with Gasteiger partial charge in [0.1, 0.15) is 11.3 Å². The fourth-order valence-corrected chi connectivity index (χ4v) is 1.86. The lowest BCUT2D eigenvalue weighted by atomic mass is 9.99. The van der Waals surface area contributed by atoms with Crippen LogP contribution in [0.4, 0.5) is 4.79 Å². The maximum absolute atomic E-state index is 12.1. The van der Waals surface area contributed by atoms with Crippen LogP contribution >= 0.6 is 0 Å². The summed E-state index contributed by atoms with van der Waals surface area (Å²) in [4.78, 5) is 35.5. The Bertz CT molecular complexity index is 550. The van der Waals surface area contributed by atoms with Crippen molar-refractivity contribution in [1.82, 2.24) is 10.2 Å². The van der Waals surface area contributed by atoms with Gasteiger partial charge in [0.2, 0.25) is 5.76 Å².